The van der Waals surface area contributed by atoms with Crippen molar-refractivity contribution in [1.82, 2.24) is 4.31 Å². The number of anilines is 2. The molecule has 3 rings (SSSR count). The fraction of sp³-hybridized carbons (Fsp3) is 0.368. The zero-order chi connectivity index (χ0) is 20.3. The molecule has 0 aliphatic carbocycles. The summed E-state index contributed by atoms with van der Waals surface area (Å²) in [6.07, 6.45) is 1.21. The van der Waals surface area contributed by atoms with Gasteiger partial charge in [0.05, 0.1) is 11.2 Å². The molecule has 0 bridgehead atoms. The van der Waals surface area contributed by atoms with Crippen LogP contribution in [0.1, 0.15) is 18.5 Å². The van der Waals surface area contributed by atoms with Crippen molar-refractivity contribution < 1.29 is 13.3 Å². The molecule has 2 aromatic rings. The van der Waals surface area contributed by atoms with Crippen LogP contribution in [0.3, 0.4) is 0 Å². The first-order chi connectivity index (χ1) is 13.3. The Balaban J connectivity index is 1.81. The Morgan fingerprint density at radius 2 is 1.71 bits per heavy atom. The van der Waals surface area contributed by atoms with Gasteiger partial charge in [0.1, 0.15) is 5.69 Å². The third-order valence-corrected chi connectivity index (χ3v) is 6.22. The molecule has 9 heteroatoms. The highest BCUT2D eigenvalue weighted by Gasteiger charge is 2.25. The van der Waals surface area contributed by atoms with E-state index in [1.807, 2.05) is 42.2 Å². The molecule has 150 valence electrons. The van der Waals surface area contributed by atoms with Crippen LogP contribution in [-0.4, -0.2) is 50.1 Å². The summed E-state index contributed by atoms with van der Waals surface area (Å²) < 4.78 is 24.8. The summed E-state index contributed by atoms with van der Waals surface area (Å²) in [4.78, 5) is 13.1. The molecule has 1 fully saturated rings. The quantitative estimate of drug-likeness (QED) is 0.588. The second-order valence-electron chi connectivity index (χ2n) is 6.88. The van der Waals surface area contributed by atoms with Crippen LogP contribution in [0.4, 0.5) is 17.1 Å². The Hall–Kier alpha value is -2.65. The van der Waals surface area contributed by atoms with Crippen LogP contribution >= 0.6 is 0 Å². The number of hydrogen-bond donors (Lipinski definition) is 1. The molecule has 1 aliphatic rings. The van der Waals surface area contributed by atoms with Crippen molar-refractivity contribution in [2.75, 3.05) is 42.7 Å². The summed E-state index contributed by atoms with van der Waals surface area (Å²) in [6, 6.07) is 14.6. The van der Waals surface area contributed by atoms with Crippen molar-refractivity contribution in [3.05, 3.63) is 64.2 Å². The van der Waals surface area contributed by atoms with Gasteiger partial charge in [-0.3, -0.25) is 10.1 Å². The molecule has 1 aliphatic heterocycles. The molecule has 8 nitrogen and oxygen atoms in total. The third kappa shape index (κ3) is 4.60. The van der Waals surface area contributed by atoms with Crippen LogP contribution < -0.4 is 10.2 Å². The normalized spacial score (nSPS) is 16.6. The van der Waals surface area contributed by atoms with E-state index in [2.05, 4.69) is 5.32 Å². The van der Waals surface area contributed by atoms with E-state index in [0.29, 0.717) is 31.9 Å². The second-order valence-corrected chi connectivity index (χ2v) is 8.87. The lowest BCUT2D eigenvalue weighted by atomic mass is 10.1. The van der Waals surface area contributed by atoms with E-state index < -0.39 is 14.9 Å². The van der Waals surface area contributed by atoms with Gasteiger partial charge in [-0.1, -0.05) is 30.3 Å². The fourth-order valence-corrected chi connectivity index (χ4v) is 4.16. The largest absolute Gasteiger partial charge is 0.373 e. The van der Waals surface area contributed by atoms with E-state index in [0.717, 1.165) is 11.3 Å². The number of nitrogens with zero attached hydrogens (tertiary/aromatic N) is 3. The molecule has 1 atom stereocenters. The van der Waals surface area contributed by atoms with Crippen LogP contribution in [-0.2, 0) is 10.0 Å². The van der Waals surface area contributed by atoms with E-state index in [9.17, 15) is 18.5 Å². The van der Waals surface area contributed by atoms with Crippen LogP contribution in [0.25, 0.3) is 0 Å². The maximum atomic E-state index is 11.7. The Labute approximate surface area is 165 Å². The molecular weight excluding hydrogens is 380 g/mol. The van der Waals surface area contributed by atoms with Gasteiger partial charge in [-0.2, -0.15) is 4.31 Å². The average molecular weight is 404 g/mol. The van der Waals surface area contributed by atoms with Crippen LogP contribution in [0.2, 0.25) is 0 Å². The van der Waals surface area contributed by atoms with Gasteiger partial charge in [0, 0.05) is 44.0 Å². The Bertz CT molecular complexity index is 942. The van der Waals surface area contributed by atoms with Gasteiger partial charge in [-0.15, -0.1) is 0 Å². The molecule has 1 heterocycles. The SMILES string of the molecule is C[C@H](Nc1cc(N2CCN(S(C)(=O)=O)CC2)ccc1[N+](=O)[O-])c1ccccc1. The average Bonchev–Trinajstić information content (AvgIpc) is 2.68. The van der Waals surface area contributed by atoms with Crippen molar-refractivity contribution in [3.8, 4) is 0 Å². The van der Waals surface area contributed by atoms with Crippen molar-refractivity contribution in [2.45, 2.75) is 13.0 Å². The van der Waals surface area contributed by atoms with Gasteiger partial charge < -0.3 is 10.2 Å². The maximum Gasteiger partial charge on any atom is 0.292 e. The minimum Gasteiger partial charge on any atom is -0.373 e. The Morgan fingerprint density at radius 3 is 2.29 bits per heavy atom. The molecule has 0 aromatic heterocycles. The summed E-state index contributed by atoms with van der Waals surface area (Å²) in [6.45, 7) is 3.84. The number of piperazine rings is 1. The number of nitro groups is 1. The topological polar surface area (TPSA) is 95.8 Å². The molecule has 1 N–H and O–H groups in total. The standard InChI is InChI=1S/C19H24N4O4S/c1-15(16-6-4-3-5-7-16)20-18-14-17(8-9-19(18)23(24)25)21-10-12-22(13-11-21)28(2,26)27/h3-9,14-15,20H,10-13H2,1-2H3/t15-/m0/s1. The monoisotopic (exact) mass is 404 g/mol. The lowest BCUT2D eigenvalue weighted by molar-refractivity contribution is -0.384. The van der Waals surface area contributed by atoms with Crippen molar-refractivity contribution in [2.24, 2.45) is 0 Å². The van der Waals surface area contributed by atoms with E-state index in [1.54, 1.807) is 12.1 Å². The first-order valence-corrected chi connectivity index (χ1v) is 10.9. The molecule has 0 saturated carbocycles. The van der Waals surface area contributed by atoms with E-state index >= 15 is 0 Å². The van der Waals surface area contributed by atoms with E-state index in [-0.39, 0.29) is 11.7 Å². The molecule has 0 radical (unpaired) electrons. The number of nitrogens with one attached hydrogen (secondary N) is 1. The Morgan fingerprint density at radius 1 is 1.07 bits per heavy atom. The fourth-order valence-electron chi connectivity index (χ4n) is 3.33. The maximum absolute atomic E-state index is 11.7. The number of rotatable bonds is 6. The summed E-state index contributed by atoms with van der Waals surface area (Å²) in [5.41, 5.74) is 2.33. The predicted molar refractivity (Wildman–Crippen MR) is 110 cm³/mol. The first-order valence-electron chi connectivity index (χ1n) is 9.05. The number of hydrogen-bond acceptors (Lipinski definition) is 6. The van der Waals surface area contributed by atoms with Crippen molar-refractivity contribution in [1.29, 1.82) is 0 Å². The van der Waals surface area contributed by atoms with Crippen LogP contribution in [0.5, 0.6) is 0 Å². The molecule has 28 heavy (non-hydrogen) atoms. The second kappa shape index (κ2) is 8.15. The summed E-state index contributed by atoms with van der Waals surface area (Å²) in [5.74, 6) is 0. The summed E-state index contributed by atoms with van der Waals surface area (Å²) in [5, 5.41) is 14.7. The number of sulfonamides is 1. The highest BCUT2D eigenvalue weighted by atomic mass is 32.2. The highest BCUT2D eigenvalue weighted by Crippen LogP contribution is 2.32. The number of nitro benzene ring substituents is 1. The van der Waals surface area contributed by atoms with E-state index in [4.69, 9.17) is 0 Å². The van der Waals surface area contributed by atoms with Gasteiger partial charge in [0.25, 0.3) is 5.69 Å². The minimum atomic E-state index is -3.20. The predicted octanol–water partition coefficient (Wildman–Crippen LogP) is 2.85. The first kappa shape index (κ1) is 20.1. The minimum absolute atomic E-state index is 0.0151. The Kier molecular flexibility index (Phi) is 5.85. The van der Waals surface area contributed by atoms with Gasteiger partial charge in [-0.05, 0) is 24.6 Å². The van der Waals surface area contributed by atoms with Crippen LogP contribution in [0, 0.1) is 10.1 Å². The molecule has 2 aromatic carbocycles. The van der Waals surface area contributed by atoms with Crippen LogP contribution in [0.15, 0.2) is 48.5 Å². The third-order valence-electron chi connectivity index (χ3n) is 4.92. The highest BCUT2D eigenvalue weighted by molar-refractivity contribution is 7.88. The van der Waals surface area contributed by atoms with Gasteiger partial charge in [0.2, 0.25) is 10.0 Å². The summed E-state index contributed by atoms with van der Waals surface area (Å²) >= 11 is 0. The molecular formula is C19H24N4O4S. The molecule has 0 amide bonds. The van der Waals surface area contributed by atoms with Gasteiger partial charge in [0.15, 0.2) is 0 Å². The van der Waals surface area contributed by atoms with Crippen molar-refractivity contribution in [3.63, 3.8) is 0 Å². The number of benzene rings is 2. The zero-order valence-corrected chi connectivity index (χ0v) is 16.7. The molecule has 1 saturated heterocycles. The molecule has 0 unspecified atom stereocenters. The zero-order valence-electron chi connectivity index (χ0n) is 15.9. The molecule has 0 spiro atoms. The van der Waals surface area contributed by atoms with Crippen molar-refractivity contribution >= 4 is 27.1 Å². The summed E-state index contributed by atoms with van der Waals surface area (Å²) in [7, 11) is -3.20. The van der Waals surface area contributed by atoms with E-state index in [1.165, 1.54) is 16.6 Å². The van der Waals surface area contributed by atoms with Gasteiger partial charge in [-0.25, -0.2) is 8.42 Å². The smallest absolute Gasteiger partial charge is 0.292 e. The van der Waals surface area contributed by atoms with Gasteiger partial charge >= 0.3 is 0 Å². The lowest BCUT2D eigenvalue weighted by Gasteiger charge is -2.35. The lowest BCUT2D eigenvalue weighted by Crippen LogP contribution is -2.48.